The number of hydrogen-bond acceptors (Lipinski definition) is 1. The van der Waals surface area contributed by atoms with Gasteiger partial charge in [-0.2, -0.15) is 0 Å². The molecule has 18 heavy (non-hydrogen) atoms. The summed E-state index contributed by atoms with van der Waals surface area (Å²) in [6.07, 6.45) is 0. The Morgan fingerprint density at radius 1 is 0.611 bits per heavy atom. The molecule has 0 saturated carbocycles. The SMILES string of the molecule is Oc1ccc2ccc3cccc4ccc1c2c34.[Y]. The van der Waals surface area contributed by atoms with Gasteiger partial charge >= 0.3 is 0 Å². The van der Waals surface area contributed by atoms with Gasteiger partial charge in [0, 0.05) is 43.5 Å². The zero-order valence-electron chi connectivity index (χ0n) is 9.72. The molecule has 0 aliphatic heterocycles. The van der Waals surface area contributed by atoms with Crippen LogP contribution in [-0.4, -0.2) is 5.11 Å². The molecule has 4 aromatic rings. The van der Waals surface area contributed by atoms with Crippen molar-refractivity contribution in [3.8, 4) is 5.75 Å². The second kappa shape index (κ2) is 4.19. The molecular weight excluding hydrogens is 297 g/mol. The summed E-state index contributed by atoms with van der Waals surface area (Å²) < 4.78 is 0. The van der Waals surface area contributed by atoms with Gasteiger partial charge < -0.3 is 5.11 Å². The summed E-state index contributed by atoms with van der Waals surface area (Å²) in [5.41, 5.74) is 0. The van der Waals surface area contributed by atoms with Crippen molar-refractivity contribution in [3.63, 3.8) is 0 Å². The maximum absolute atomic E-state index is 9.95. The molecule has 0 amide bonds. The van der Waals surface area contributed by atoms with Crippen molar-refractivity contribution in [2.75, 3.05) is 0 Å². The Kier molecular flexibility index (Phi) is 2.76. The van der Waals surface area contributed by atoms with Crippen LogP contribution in [0.2, 0.25) is 0 Å². The molecule has 0 heterocycles. The van der Waals surface area contributed by atoms with E-state index in [1.807, 2.05) is 12.1 Å². The van der Waals surface area contributed by atoms with Gasteiger partial charge in [0.2, 0.25) is 0 Å². The first-order chi connectivity index (χ1) is 8.34. The molecule has 2 heteroatoms. The monoisotopic (exact) mass is 307 g/mol. The molecule has 0 bridgehead atoms. The van der Waals surface area contributed by atoms with Crippen LogP contribution < -0.4 is 0 Å². The largest absolute Gasteiger partial charge is 0.507 e. The van der Waals surface area contributed by atoms with Gasteiger partial charge in [0.05, 0.1) is 0 Å². The number of phenols is 1. The summed E-state index contributed by atoms with van der Waals surface area (Å²) in [4.78, 5) is 0. The molecule has 1 N–H and O–H groups in total. The Morgan fingerprint density at radius 2 is 1.17 bits per heavy atom. The fourth-order valence-corrected chi connectivity index (χ4v) is 2.72. The van der Waals surface area contributed by atoms with E-state index in [0.29, 0.717) is 5.75 Å². The van der Waals surface area contributed by atoms with E-state index in [-0.39, 0.29) is 32.7 Å². The van der Waals surface area contributed by atoms with Crippen LogP contribution in [0.1, 0.15) is 0 Å². The van der Waals surface area contributed by atoms with E-state index in [4.69, 9.17) is 0 Å². The predicted molar refractivity (Wildman–Crippen MR) is 71.8 cm³/mol. The third-order valence-electron chi connectivity index (χ3n) is 3.51. The van der Waals surface area contributed by atoms with Crippen LogP contribution in [0.15, 0.2) is 54.6 Å². The first kappa shape index (κ1) is 11.9. The van der Waals surface area contributed by atoms with Crippen LogP contribution in [0.5, 0.6) is 5.75 Å². The van der Waals surface area contributed by atoms with E-state index in [9.17, 15) is 5.11 Å². The van der Waals surface area contributed by atoms with Gasteiger partial charge in [-0.05, 0) is 27.6 Å². The van der Waals surface area contributed by atoms with Crippen LogP contribution >= 0.6 is 0 Å². The molecule has 0 fully saturated rings. The molecule has 0 saturated heterocycles. The molecule has 0 aromatic heterocycles. The van der Waals surface area contributed by atoms with E-state index >= 15 is 0 Å². The van der Waals surface area contributed by atoms with Crippen molar-refractivity contribution in [3.05, 3.63) is 54.6 Å². The third-order valence-corrected chi connectivity index (χ3v) is 3.51. The van der Waals surface area contributed by atoms with Crippen molar-refractivity contribution >= 4 is 32.3 Å². The Morgan fingerprint density at radius 3 is 1.89 bits per heavy atom. The number of phenolic OH excluding ortho intramolecular Hbond substituents is 1. The van der Waals surface area contributed by atoms with Gasteiger partial charge in [-0.25, -0.2) is 0 Å². The van der Waals surface area contributed by atoms with E-state index in [1.165, 1.54) is 26.9 Å². The summed E-state index contributed by atoms with van der Waals surface area (Å²) in [6, 6.07) is 18.4. The molecule has 0 aliphatic rings. The molecule has 4 aromatic carbocycles. The maximum atomic E-state index is 9.95. The fraction of sp³-hybridized carbons (Fsp3) is 0. The van der Waals surface area contributed by atoms with Crippen LogP contribution in [0.3, 0.4) is 0 Å². The first-order valence-corrected chi connectivity index (χ1v) is 5.70. The van der Waals surface area contributed by atoms with Crippen molar-refractivity contribution in [2.45, 2.75) is 0 Å². The van der Waals surface area contributed by atoms with E-state index in [1.54, 1.807) is 6.07 Å². The van der Waals surface area contributed by atoms with Crippen LogP contribution in [0.25, 0.3) is 32.3 Å². The van der Waals surface area contributed by atoms with E-state index < -0.39 is 0 Å². The summed E-state index contributed by atoms with van der Waals surface area (Å²) in [5.74, 6) is 0.357. The predicted octanol–water partition coefficient (Wildman–Crippen LogP) is 4.29. The summed E-state index contributed by atoms with van der Waals surface area (Å²) in [6.45, 7) is 0. The van der Waals surface area contributed by atoms with Crippen LogP contribution in [-0.2, 0) is 32.7 Å². The quantitative estimate of drug-likeness (QED) is 0.481. The van der Waals surface area contributed by atoms with E-state index in [0.717, 1.165) is 5.39 Å². The second-order valence-electron chi connectivity index (χ2n) is 4.44. The molecule has 1 nitrogen and oxygen atoms in total. The summed E-state index contributed by atoms with van der Waals surface area (Å²) in [7, 11) is 0. The molecule has 0 aliphatic carbocycles. The Balaban J connectivity index is 0.000001000. The Hall–Kier alpha value is -1.18. The van der Waals surface area contributed by atoms with Crippen molar-refractivity contribution in [1.82, 2.24) is 0 Å². The Bertz CT molecular complexity index is 836. The minimum absolute atomic E-state index is 0. The topological polar surface area (TPSA) is 20.2 Å². The first-order valence-electron chi connectivity index (χ1n) is 5.70. The number of aromatic hydroxyl groups is 1. The zero-order valence-corrected chi connectivity index (χ0v) is 12.6. The Labute approximate surface area is 130 Å². The second-order valence-corrected chi connectivity index (χ2v) is 4.44. The van der Waals surface area contributed by atoms with Gasteiger partial charge in [-0.15, -0.1) is 0 Å². The van der Waals surface area contributed by atoms with Crippen molar-refractivity contribution in [1.29, 1.82) is 0 Å². The molecule has 4 rings (SSSR count). The molecule has 0 spiro atoms. The molecule has 0 atom stereocenters. The normalized spacial score (nSPS) is 11.1. The van der Waals surface area contributed by atoms with Gasteiger partial charge in [0.15, 0.2) is 0 Å². The summed E-state index contributed by atoms with van der Waals surface area (Å²) >= 11 is 0. The van der Waals surface area contributed by atoms with Gasteiger partial charge in [0.25, 0.3) is 0 Å². The number of hydrogen-bond donors (Lipinski definition) is 1. The molecule has 0 unspecified atom stereocenters. The smallest absolute Gasteiger partial charge is 0.123 e. The van der Waals surface area contributed by atoms with Crippen LogP contribution in [0.4, 0.5) is 0 Å². The molecular formula is C16H10OY. The standard InChI is InChI=1S/C16H10O.Y/c17-14-9-7-12-5-4-10-2-1-3-11-6-8-13(14)16(12)15(10)11;/h1-9,17H;. The van der Waals surface area contributed by atoms with Crippen LogP contribution in [0, 0.1) is 0 Å². The van der Waals surface area contributed by atoms with Gasteiger partial charge in [-0.1, -0.05) is 48.5 Å². The molecule has 83 valence electrons. The fourth-order valence-electron chi connectivity index (χ4n) is 2.72. The summed E-state index contributed by atoms with van der Waals surface area (Å²) in [5, 5.41) is 16.9. The average Bonchev–Trinajstić information content (AvgIpc) is 2.38. The van der Waals surface area contributed by atoms with Crippen molar-refractivity contribution in [2.24, 2.45) is 0 Å². The molecule has 1 radical (unpaired) electrons. The van der Waals surface area contributed by atoms with E-state index in [2.05, 4.69) is 36.4 Å². The van der Waals surface area contributed by atoms with Gasteiger partial charge in [0.1, 0.15) is 5.75 Å². The average molecular weight is 307 g/mol. The number of rotatable bonds is 0. The third kappa shape index (κ3) is 1.48. The van der Waals surface area contributed by atoms with Gasteiger partial charge in [-0.3, -0.25) is 0 Å². The maximum Gasteiger partial charge on any atom is 0.123 e. The minimum Gasteiger partial charge on any atom is -0.507 e. The van der Waals surface area contributed by atoms with Crippen molar-refractivity contribution < 1.29 is 37.8 Å². The number of benzene rings is 4. The zero-order chi connectivity index (χ0) is 11.4. The minimum atomic E-state index is 0.